The van der Waals surface area contributed by atoms with Gasteiger partial charge >= 0.3 is 0 Å². The molecule has 0 bridgehead atoms. The third-order valence-corrected chi connectivity index (χ3v) is 10.1. The summed E-state index contributed by atoms with van der Waals surface area (Å²) in [5.74, 6) is -2.70. The number of halogens is 1. The molecule has 0 aromatic heterocycles. The molecule has 3 aliphatic heterocycles. The molecule has 7 heteroatoms. The molecule has 3 heterocycles. The first-order chi connectivity index (χ1) is 22.9. The highest BCUT2D eigenvalue weighted by molar-refractivity contribution is 6.17. The number of hydrogen-bond acceptors (Lipinski definition) is 4. The third kappa shape index (κ3) is 4.09. The SMILES string of the molecule is CC(=O)[C@@H]1[C@]2(C(=O)N(Cc3ccccc3)c3ccccc32)[C@H](c2ccccc2)N[C@@]12C(=O)N(Cc1ccccc1)c1ccc(F)cc12. The number of amides is 2. The predicted molar refractivity (Wildman–Crippen MR) is 178 cm³/mol. The van der Waals surface area contributed by atoms with Gasteiger partial charge in [0.25, 0.3) is 5.91 Å². The first kappa shape index (κ1) is 29.0. The predicted octanol–water partition coefficient (Wildman–Crippen LogP) is 6.60. The van der Waals surface area contributed by atoms with Gasteiger partial charge in [0.1, 0.15) is 22.6 Å². The van der Waals surface area contributed by atoms with Gasteiger partial charge in [-0.15, -0.1) is 0 Å². The third-order valence-electron chi connectivity index (χ3n) is 10.1. The summed E-state index contributed by atoms with van der Waals surface area (Å²) >= 11 is 0. The number of Topliss-reactive ketones (excluding diaryl/α,β-unsaturated/α-hetero) is 1. The summed E-state index contributed by atoms with van der Waals surface area (Å²) in [6, 6.07) is 39.8. The number of para-hydroxylation sites is 1. The monoisotopic (exact) mass is 621 g/mol. The molecule has 5 aromatic carbocycles. The maximum absolute atomic E-state index is 15.4. The Morgan fingerprint density at radius 3 is 1.83 bits per heavy atom. The van der Waals surface area contributed by atoms with Crippen LogP contribution in [0.3, 0.4) is 0 Å². The van der Waals surface area contributed by atoms with Crippen molar-refractivity contribution < 1.29 is 18.8 Å². The van der Waals surface area contributed by atoms with Gasteiger partial charge in [-0.3, -0.25) is 19.7 Å². The summed E-state index contributed by atoms with van der Waals surface area (Å²) in [5.41, 5.74) is 1.59. The summed E-state index contributed by atoms with van der Waals surface area (Å²) in [6.07, 6.45) is 0. The van der Waals surface area contributed by atoms with E-state index in [9.17, 15) is 4.79 Å². The Kier molecular flexibility index (Phi) is 6.70. The molecule has 3 aliphatic rings. The number of hydrogen-bond donors (Lipinski definition) is 1. The van der Waals surface area contributed by atoms with Crippen LogP contribution in [0.15, 0.2) is 133 Å². The van der Waals surface area contributed by atoms with E-state index in [1.807, 2.05) is 115 Å². The molecule has 0 saturated carbocycles. The van der Waals surface area contributed by atoms with E-state index >= 15 is 14.0 Å². The van der Waals surface area contributed by atoms with Gasteiger partial charge in [-0.25, -0.2) is 4.39 Å². The van der Waals surface area contributed by atoms with Crippen molar-refractivity contribution in [1.29, 1.82) is 0 Å². The molecule has 1 saturated heterocycles. The van der Waals surface area contributed by atoms with Crippen LogP contribution in [0.1, 0.15) is 40.8 Å². The zero-order valence-electron chi connectivity index (χ0n) is 25.8. The van der Waals surface area contributed by atoms with Crippen LogP contribution in [-0.2, 0) is 38.4 Å². The van der Waals surface area contributed by atoms with Crippen molar-refractivity contribution in [2.75, 3.05) is 9.80 Å². The quantitative estimate of drug-likeness (QED) is 0.232. The highest BCUT2D eigenvalue weighted by atomic mass is 19.1. The summed E-state index contributed by atoms with van der Waals surface area (Å²) in [6.45, 7) is 1.96. The topological polar surface area (TPSA) is 69.7 Å². The molecule has 2 amide bonds. The van der Waals surface area contributed by atoms with Gasteiger partial charge in [0.15, 0.2) is 0 Å². The maximum atomic E-state index is 15.4. The van der Waals surface area contributed by atoms with Gasteiger partial charge in [-0.05, 0) is 53.4 Å². The number of carbonyl (C=O) groups excluding carboxylic acids is 3. The summed E-state index contributed by atoms with van der Waals surface area (Å²) < 4.78 is 15.3. The van der Waals surface area contributed by atoms with Crippen molar-refractivity contribution in [1.82, 2.24) is 5.32 Å². The molecule has 4 atom stereocenters. The van der Waals surface area contributed by atoms with E-state index in [1.54, 1.807) is 15.9 Å². The Hall–Kier alpha value is -5.40. The van der Waals surface area contributed by atoms with Gasteiger partial charge in [0.05, 0.1) is 25.0 Å². The Morgan fingerprint density at radius 1 is 0.681 bits per heavy atom. The van der Waals surface area contributed by atoms with E-state index in [2.05, 4.69) is 5.32 Å². The zero-order chi connectivity index (χ0) is 32.3. The van der Waals surface area contributed by atoms with Gasteiger partial charge in [-0.2, -0.15) is 0 Å². The van der Waals surface area contributed by atoms with E-state index in [1.165, 1.54) is 19.1 Å². The van der Waals surface area contributed by atoms with Crippen molar-refractivity contribution >= 4 is 29.0 Å². The molecule has 232 valence electrons. The number of ketones is 1. The standard InChI is InChI=1S/C40H32FN3O3/c1-26(45)35-39(31-19-11-12-20-33(31)43(37(39)46)24-27-13-5-2-6-14-27)36(29-17-9-4-10-18-29)42-40(35)32-23-30(41)21-22-34(32)44(38(40)47)25-28-15-7-3-8-16-28/h2-23,35-36,42H,24-25H2,1H3/t35-,36+,39+,40-/m1/s1. The molecule has 0 radical (unpaired) electrons. The number of rotatable bonds is 6. The van der Waals surface area contributed by atoms with Crippen LogP contribution >= 0.6 is 0 Å². The number of nitrogens with one attached hydrogen (secondary N) is 1. The second-order valence-electron chi connectivity index (χ2n) is 12.6. The van der Waals surface area contributed by atoms with Crippen LogP contribution in [0, 0.1) is 11.7 Å². The largest absolute Gasteiger partial charge is 0.307 e. The van der Waals surface area contributed by atoms with Gasteiger partial charge in [0.2, 0.25) is 5.91 Å². The molecular weight excluding hydrogens is 589 g/mol. The number of anilines is 2. The summed E-state index contributed by atoms with van der Waals surface area (Å²) in [5, 5.41) is 3.63. The number of carbonyl (C=O) groups is 3. The minimum Gasteiger partial charge on any atom is -0.307 e. The summed E-state index contributed by atoms with van der Waals surface area (Å²) in [7, 11) is 0. The highest BCUT2D eigenvalue weighted by Crippen LogP contribution is 2.65. The van der Waals surface area contributed by atoms with Gasteiger partial charge < -0.3 is 9.80 Å². The zero-order valence-corrected chi connectivity index (χ0v) is 25.8. The maximum Gasteiger partial charge on any atom is 0.253 e. The van der Waals surface area contributed by atoms with Gasteiger partial charge in [0, 0.05) is 16.9 Å². The van der Waals surface area contributed by atoms with Crippen LogP contribution in [0.25, 0.3) is 0 Å². The molecule has 1 N–H and O–H groups in total. The molecule has 0 unspecified atom stereocenters. The Morgan fingerprint density at radius 2 is 1.21 bits per heavy atom. The van der Waals surface area contributed by atoms with E-state index in [0.29, 0.717) is 22.5 Å². The van der Waals surface area contributed by atoms with Crippen LogP contribution in [0.5, 0.6) is 0 Å². The molecule has 6 nitrogen and oxygen atoms in total. The lowest BCUT2D eigenvalue weighted by Crippen LogP contribution is -2.56. The molecule has 1 fully saturated rings. The van der Waals surface area contributed by atoms with Crippen LogP contribution in [-0.4, -0.2) is 17.6 Å². The average Bonchev–Trinajstić information content (AvgIpc) is 3.64. The number of fused-ring (bicyclic) bond motifs is 4. The minimum absolute atomic E-state index is 0.222. The van der Waals surface area contributed by atoms with E-state index in [4.69, 9.17) is 0 Å². The van der Waals surface area contributed by atoms with Crippen molar-refractivity contribution in [3.63, 3.8) is 0 Å². The fraction of sp³-hybridized carbons (Fsp3) is 0.175. The van der Waals surface area contributed by atoms with Crippen LogP contribution in [0.2, 0.25) is 0 Å². The smallest absolute Gasteiger partial charge is 0.253 e. The number of nitrogens with zero attached hydrogens (tertiary/aromatic N) is 2. The van der Waals surface area contributed by atoms with Crippen molar-refractivity contribution in [2.45, 2.75) is 37.0 Å². The van der Waals surface area contributed by atoms with Gasteiger partial charge in [-0.1, -0.05) is 109 Å². The normalized spacial score (nSPS) is 24.3. The lowest BCUT2D eigenvalue weighted by molar-refractivity contribution is -0.137. The van der Waals surface area contributed by atoms with Crippen molar-refractivity contribution in [3.8, 4) is 0 Å². The van der Waals surface area contributed by atoms with Crippen molar-refractivity contribution in [2.24, 2.45) is 5.92 Å². The molecule has 0 aliphatic carbocycles. The second kappa shape index (κ2) is 10.9. The molecular formula is C40H32FN3O3. The fourth-order valence-corrected chi connectivity index (χ4v) is 8.38. The second-order valence-corrected chi connectivity index (χ2v) is 12.6. The van der Waals surface area contributed by atoms with Crippen LogP contribution < -0.4 is 15.1 Å². The van der Waals surface area contributed by atoms with E-state index in [-0.39, 0.29) is 30.7 Å². The molecule has 5 aromatic rings. The highest BCUT2D eigenvalue weighted by Gasteiger charge is 2.76. The van der Waals surface area contributed by atoms with E-state index in [0.717, 1.165) is 16.7 Å². The Labute approximate surface area is 272 Å². The Balaban J connectivity index is 1.40. The molecule has 2 spiro atoms. The summed E-state index contributed by atoms with van der Waals surface area (Å²) in [4.78, 5) is 48.4. The Bertz CT molecular complexity index is 2040. The lowest BCUT2D eigenvalue weighted by atomic mass is 9.60. The average molecular weight is 622 g/mol. The lowest BCUT2D eigenvalue weighted by Gasteiger charge is -2.37. The minimum atomic E-state index is -1.72. The first-order valence-corrected chi connectivity index (χ1v) is 15.8. The number of benzene rings is 5. The van der Waals surface area contributed by atoms with E-state index < -0.39 is 28.7 Å². The van der Waals surface area contributed by atoms with Crippen LogP contribution in [0.4, 0.5) is 15.8 Å². The molecule has 8 rings (SSSR count). The fourth-order valence-electron chi connectivity index (χ4n) is 8.38. The molecule has 47 heavy (non-hydrogen) atoms. The first-order valence-electron chi connectivity index (χ1n) is 15.8. The van der Waals surface area contributed by atoms with Crippen molar-refractivity contribution in [3.05, 3.63) is 167 Å².